The quantitative estimate of drug-likeness (QED) is 0.552. The molecule has 0 amide bonds. The first-order valence-corrected chi connectivity index (χ1v) is 2.31. The number of aromatic nitrogens is 2. The molecule has 0 aliphatic rings. The molecule has 0 saturated heterocycles. The first-order chi connectivity index (χ1) is 3.30. The van der Waals surface area contributed by atoms with Gasteiger partial charge in [-0.05, 0) is 11.6 Å². The SMILES string of the molecule is Cl.Cn1ccnc1Cl. The Morgan fingerprint density at radius 2 is 2.38 bits per heavy atom. The monoisotopic (exact) mass is 152 g/mol. The van der Waals surface area contributed by atoms with Crippen molar-refractivity contribution in [1.29, 1.82) is 0 Å². The molecule has 2 nitrogen and oxygen atoms in total. The van der Waals surface area contributed by atoms with E-state index >= 15 is 0 Å². The maximum absolute atomic E-state index is 5.48. The lowest BCUT2D eigenvalue weighted by molar-refractivity contribution is 0.914. The summed E-state index contributed by atoms with van der Waals surface area (Å²) in [7, 11) is 1.84. The molecule has 4 heteroatoms. The van der Waals surface area contributed by atoms with Gasteiger partial charge >= 0.3 is 0 Å². The molecular formula is C4H6Cl2N2. The highest BCUT2D eigenvalue weighted by atomic mass is 35.5. The topological polar surface area (TPSA) is 17.8 Å². The van der Waals surface area contributed by atoms with E-state index in [1.165, 1.54) is 0 Å². The fourth-order valence-corrected chi connectivity index (χ4v) is 0.460. The average Bonchev–Trinajstić information content (AvgIpc) is 1.91. The summed E-state index contributed by atoms with van der Waals surface area (Å²) >= 11 is 5.48. The summed E-state index contributed by atoms with van der Waals surface area (Å²) in [6, 6.07) is 0. The second kappa shape index (κ2) is 2.95. The minimum atomic E-state index is 0. The summed E-state index contributed by atoms with van der Waals surface area (Å²) in [5.74, 6) is 0. The lowest BCUT2D eigenvalue weighted by Crippen LogP contribution is -1.81. The van der Waals surface area contributed by atoms with E-state index in [-0.39, 0.29) is 12.4 Å². The van der Waals surface area contributed by atoms with Crippen molar-refractivity contribution in [2.75, 3.05) is 0 Å². The predicted molar refractivity (Wildman–Crippen MR) is 35.5 cm³/mol. The van der Waals surface area contributed by atoms with Crippen LogP contribution in [0.25, 0.3) is 0 Å². The molecule has 1 aromatic rings. The van der Waals surface area contributed by atoms with Crippen LogP contribution in [0, 0.1) is 0 Å². The van der Waals surface area contributed by atoms with Crippen LogP contribution in [0.4, 0.5) is 0 Å². The molecule has 0 unspecified atom stereocenters. The smallest absolute Gasteiger partial charge is 0.202 e. The molecule has 1 aromatic heterocycles. The summed E-state index contributed by atoms with van der Waals surface area (Å²) in [6.07, 6.45) is 3.45. The van der Waals surface area contributed by atoms with Crippen molar-refractivity contribution in [3.8, 4) is 0 Å². The van der Waals surface area contributed by atoms with Crippen molar-refractivity contribution in [2.24, 2.45) is 7.05 Å². The van der Waals surface area contributed by atoms with Gasteiger partial charge < -0.3 is 4.57 Å². The Morgan fingerprint density at radius 3 is 2.50 bits per heavy atom. The molecule has 0 aliphatic heterocycles. The molecule has 46 valence electrons. The van der Waals surface area contributed by atoms with Crippen molar-refractivity contribution in [3.05, 3.63) is 17.7 Å². The van der Waals surface area contributed by atoms with E-state index in [9.17, 15) is 0 Å². The van der Waals surface area contributed by atoms with Gasteiger partial charge in [-0.1, -0.05) is 0 Å². The first-order valence-electron chi connectivity index (χ1n) is 1.93. The second-order valence-electron chi connectivity index (χ2n) is 1.31. The van der Waals surface area contributed by atoms with Crippen LogP contribution < -0.4 is 0 Å². The zero-order chi connectivity index (χ0) is 5.28. The van der Waals surface area contributed by atoms with Gasteiger partial charge in [-0.2, -0.15) is 0 Å². The van der Waals surface area contributed by atoms with Crippen LogP contribution in [0.3, 0.4) is 0 Å². The normalized spacial score (nSPS) is 8.25. The van der Waals surface area contributed by atoms with Crippen LogP contribution in [0.5, 0.6) is 0 Å². The third-order valence-electron chi connectivity index (χ3n) is 0.762. The number of nitrogens with zero attached hydrogens (tertiary/aromatic N) is 2. The molecule has 0 saturated carbocycles. The summed E-state index contributed by atoms with van der Waals surface area (Å²) in [6.45, 7) is 0. The molecule has 0 N–H and O–H groups in total. The molecule has 1 rings (SSSR count). The van der Waals surface area contributed by atoms with Gasteiger partial charge in [-0.25, -0.2) is 4.98 Å². The van der Waals surface area contributed by atoms with E-state index in [0.29, 0.717) is 5.28 Å². The van der Waals surface area contributed by atoms with Crippen molar-refractivity contribution >= 4 is 24.0 Å². The summed E-state index contributed by atoms with van der Waals surface area (Å²) in [5, 5.41) is 0.528. The van der Waals surface area contributed by atoms with Gasteiger partial charge in [0, 0.05) is 19.4 Å². The van der Waals surface area contributed by atoms with Crippen molar-refractivity contribution in [2.45, 2.75) is 0 Å². The third kappa shape index (κ3) is 1.39. The highest BCUT2D eigenvalue weighted by Gasteiger charge is 1.86. The third-order valence-corrected chi connectivity index (χ3v) is 1.13. The molecule has 0 aliphatic carbocycles. The molecule has 0 atom stereocenters. The Kier molecular flexibility index (Phi) is 2.87. The number of imidazole rings is 1. The Balaban J connectivity index is 0.000000490. The Morgan fingerprint density at radius 1 is 1.75 bits per heavy atom. The fraction of sp³-hybridized carbons (Fsp3) is 0.250. The number of hydrogen-bond acceptors (Lipinski definition) is 1. The van der Waals surface area contributed by atoms with Crippen molar-refractivity contribution in [3.63, 3.8) is 0 Å². The van der Waals surface area contributed by atoms with Gasteiger partial charge in [0.1, 0.15) is 0 Å². The van der Waals surface area contributed by atoms with Crippen LogP contribution in [0.15, 0.2) is 12.4 Å². The highest BCUT2D eigenvalue weighted by Crippen LogP contribution is 1.99. The Bertz CT molecular complexity index is 144. The maximum Gasteiger partial charge on any atom is 0.202 e. The van der Waals surface area contributed by atoms with Crippen molar-refractivity contribution < 1.29 is 0 Å². The van der Waals surface area contributed by atoms with E-state index in [1.807, 2.05) is 7.05 Å². The highest BCUT2D eigenvalue weighted by molar-refractivity contribution is 6.28. The lowest BCUT2D eigenvalue weighted by Gasteiger charge is -1.84. The van der Waals surface area contributed by atoms with E-state index in [1.54, 1.807) is 17.0 Å². The number of rotatable bonds is 0. The van der Waals surface area contributed by atoms with E-state index in [2.05, 4.69) is 4.98 Å². The van der Waals surface area contributed by atoms with Gasteiger partial charge in [-0.3, -0.25) is 0 Å². The van der Waals surface area contributed by atoms with Crippen LogP contribution in [-0.2, 0) is 7.05 Å². The Hall–Kier alpha value is -0.210. The standard InChI is InChI=1S/C4H5ClN2.ClH/c1-7-3-2-6-4(7)5;/h2-3H,1H3;1H. The largest absolute Gasteiger partial charge is 0.325 e. The molecule has 0 spiro atoms. The zero-order valence-electron chi connectivity index (χ0n) is 4.34. The molecule has 0 radical (unpaired) electrons. The zero-order valence-corrected chi connectivity index (χ0v) is 5.91. The molecule has 0 bridgehead atoms. The predicted octanol–water partition coefficient (Wildman–Crippen LogP) is 1.50. The Labute approximate surface area is 58.9 Å². The summed E-state index contributed by atoms with van der Waals surface area (Å²) in [4.78, 5) is 3.74. The average molecular weight is 153 g/mol. The minimum Gasteiger partial charge on any atom is -0.325 e. The molecule has 8 heavy (non-hydrogen) atoms. The van der Waals surface area contributed by atoms with Gasteiger partial charge in [0.2, 0.25) is 5.28 Å². The lowest BCUT2D eigenvalue weighted by atomic mass is 10.9. The van der Waals surface area contributed by atoms with Gasteiger partial charge in [0.25, 0.3) is 0 Å². The minimum absolute atomic E-state index is 0. The van der Waals surface area contributed by atoms with Crippen molar-refractivity contribution in [1.82, 2.24) is 9.55 Å². The van der Waals surface area contributed by atoms with Crippen LogP contribution in [0.1, 0.15) is 0 Å². The number of hydrogen-bond donors (Lipinski definition) is 0. The molecular weight excluding hydrogens is 147 g/mol. The summed E-state index contributed by atoms with van der Waals surface area (Å²) in [5.41, 5.74) is 0. The fourth-order valence-electron chi connectivity index (χ4n) is 0.347. The van der Waals surface area contributed by atoms with E-state index < -0.39 is 0 Å². The summed E-state index contributed by atoms with van der Waals surface area (Å²) < 4.78 is 1.74. The molecule has 1 heterocycles. The van der Waals surface area contributed by atoms with Crippen LogP contribution >= 0.6 is 24.0 Å². The van der Waals surface area contributed by atoms with E-state index in [0.717, 1.165) is 0 Å². The number of aryl methyl sites for hydroxylation is 1. The second-order valence-corrected chi connectivity index (χ2v) is 1.65. The first kappa shape index (κ1) is 7.79. The molecule has 0 fully saturated rings. The maximum atomic E-state index is 5.48. The van der Waals surface area contributed by atoms with Crippen LogP contribution in [0.2, 0.25) is 5.28 Å². The van der Waals surface area contributed by atoms with Gasteiger partial charge in [0.15, 0.2) is 0 Å². The van der Waals surface area contributed by atoms with Gasteiger partial charge in [-0.15, -0.1) is 12.4 Å². The van der Waals surface area contributed by atoms with E-state index in [4.69, 9.17) is 11.6 Å². The molecule has 0 aromatic carbocycles. The number of halogens is 2. The van der Waals surface area contributed by atoms with Gasteiger partial charge in [0.05, 0.1) is 0 Å². The van der Waals surface area contributed by atoms with Crippen LogP contribution in [-0.4, -0.2) is 9.55 Å².